The van der Waals surface area contributed by atoms with Gasteiger partial charge in [-0.15, -0.1) is 0 Å². The fourth-order valence-corrected chi connectivity index (χ4v) is 4.93. The van der Waals surface area contributed by atoms with Crippen LogP contribution in [0, 0.1) is 5.92 Å². The standard InChI is InChI=1S/C20H32N4O5S/c1-22-11-13-24(14-12-22)20(26)23-9-7-16(19(25)8-10-23)15-21-30(27,28)18-5-3-17(29-2)4-6-18/h3-6,16,19,21,25H,7-15H2,1-2H3/t16-,19-/m1/s1. The van der Waals surface area contributed by atoms with Gasteiger partial charge in [-0.3, -0.25) is 0 Å². The number of urea groups is 1. The highest BCUT2D eigenvalue weighted by Gasteiger charge is 2.30. The molecule has 0 spiro atoms. The molecule has 0 radical (unpaired) electrons. The highest BCUT2D eigenvalue weighted by atomic mass is 32.2. The van der Waals surface area contributed by atoms with E-state index in [1.54, 1.807) is 17.0 Å². The first-order valence-corrected chi connectivity index (χ1v) is 11.8. The predicted octanol–water partition coefficient (Wildman–Crippen LogP) is 0.414. The lowest BCUT2D eigenvalue weighted by Crippen LogP contribution is -2.52. The Kier molecular flexibility index (Phi) is 7.56. The third-order valence-electron chi connectivity index (χ3n) is 5.96. The number of rotatable bonds is 5. The van der Waals surface area contributed by atoms with Crippen molar-refractivity contribution >= 4 is 16.1 Å². The molecule has 2 fully saturated rings. The highest BCUT2D eigenvalue weighted by Crippen LogP contribution is 2.21. The fourth-order valence-electron chi connectivity index (χ4n) is 3.83. The monoisotopic (exact) mass is 440 g/mol. The number of likely N-dealkylation sites (tertiary alicyclic amines) is 1. The number of hydrogen-bond donors (Lipinski definition) is 2. The number of amides is 2. The van der Waals surface area contributed by atoms with Crippen molar-refractivity contribution in [2.24, 2.45) is 5.92 Å². The van der Waals surface area contributed by atoms with Crippen molar-refractivity contribution in [3.8, 4) is 5.75 Å². The van der Waals surface area contributed by atoms with Crippen LogP contribution in [0.4, 0.5) is 4.79 Å². The zero-order valence-electron chi connectivity index (χ0n) is 17.7. The van der Waals surface area contributed by atoms with E-state index in [1.807, 2.05) is 11.9 Å². The van der Waals surface area contributed by atoms with Gasteiger partial charge in [-0.1, -0.05) is 0 Å². The average Bonchev–Trinajstić information content (AvgIpc) is 2.94. The minimum atomic E-state index is -3.68. The van der Waals surface area contributed by atoms with Crippen molar-refractivity contribution in [3.05, 3.63) is 24.3 Å². The first-order chi connectivity index (χ1) is 14.3. The average molecular weight is 441 g/mol. The molecule has 2 aliphatic heterocycles. The molecule has 0 unspecified atom stereocenters. The van der Waals surface area contributed by atoms with Gasteiger partial charge in [0.15, 0.2) is 0 Å². The molecule has 10 heteroatoms. The van der Waals surface area contributed by atoms with Crippen LogP contribution in [0.25, 0.3) is 0 Å². The van der Waals surface area contributed by atoms with Crippen molar-refractivity contribution in [2.75, 3.05) is 60.0 Å². The molecule has 1 aromatic carbocycles. The Morgan fingerprint density at radius 2 is 1.67 bits per heavy atom. The van der Waals surface area contributed by atoms with Crippen LogP contribution in [0.3, 0.4) is 0 Å². The summed E-state index contributed by atoms with van der Waals surface area (Å²) in [5, 5.41) is 10.5. The van der Waals surface area contributed by atoms with Gasteiger partial charge in [-0.2, -0.15) is 0 Å². The van der Waals surface area contributed by atoms with Crippen molar-refractivity contribution in [3.63, 3.8) is 0 Å². The maximum atomic E-state index is 12.8. The van der Waals surface area contributed by atoms with E-state index in [4.69, 9.17) is 4.74 Å². The van der Waals surface area contributed by atoms with Crippen LogP contribution in [-0.2, 0) is 10.0 Å². The number of carbonyl (C=O) groups is 1. The number of ether oxygens (including phenoxy) is 1. The maximum absolute atomic E-state index is 12.8. The Hall–Kier alpha value is -1.88. The van der Waals surface area contributed by atoms with Gasteiger partial charge < -0.3 is 24.5 Å². The Bertz CT molecular complexity index is 809. The third kappa shape index (κ3) is 5.63. The first-order valence-electron chi connectivity index (χ1n) is 10.3. The molecule has 168 valence electrons. The van der Waals surface area contributed by atoms with E-state index in [0.717, 1.165) is 13.1 Å². The topological polar surface area (TPSA) is 102 Å². The quantitative estimate of drug-likeness (QED) is 0.688. The lowest BCUT2D eigenvalue weighted by Gasteiger charge is -2.35. The van der Waals surface area contributed by atoms with E-state index in [0.29, 0.717) is 44.8 Å². The van der Waals surface area contributed by atoms with E-state index in [-0.39, 0.29) is 23.4 Å². The van der Waals surface area contributed by atoms with Gasteiger partial charge in [-0.25, -0.2) is 17.9 Å². The molecule has 2 amide bonds. The molecule has 0 bridgehead atoms. The first kappa shape index (κ1) is 22.8. The van der Waals surface area contributed by atoms with Gasteiger partial charge in [0.05, 0.1) is 18.1 Å². The van der Waals surface area contributed by atoms with Gasteiger partial charge in [0, 0.05) is 51.7 Å². The predicted molar refractivity (Wildman–Crippen MR) is 113 cm³/mol. The van der Waals surface area contributed by atoms with E-state index < -0.39 is 16.1 Å². The fraction of sp³-hybridized carbons (Fsp3) is 0.650. The Balaban J connectivity index is 1.55. The molecular formula is C20H32N4O5S. The number of hydrogen-bond acceptors (Lipinski definition) is 6. The summed E-state index contributed by atoms with van der Waals surface area (Å²) in [6.45, 7) is 4.26. The summed E-state index contributed by atoms with van der Waals surface area (Å²) in [6.07, 6.45) is 0.328. The van der Waals surface area contributed by atoms with Crippen LogP contribution in [0.2, 0.25) is 0 Å². The molecule has 2 atom stereocenters. The molecule has 2 aliphatic rings. The summed E-state index contributed by atoms with van der Waals surface area (Å²) in [7, 11) is -0.118. The molecule has 2 saturated heterocycles. The number of nitrogens with zero attached hydrogens (tertiary/aromatic N) is 3. The number of sulfonamides is 1. The molecule has 1 aromatic rings. The van der Waals surface area contributed by atoms with Crippen molar-refractivity contribution in [1.29, 1.82) is 0 Å². The molecule has 2 N–H and O–H groups in total. The van der Waals surface area contributed by atoms with Gasteiger partial charge in [0.25, 0.3) is 0 Å². The number of nitrogens with one attached hydrogen (secondary N) is 1. The zero-order chi connectivity index (χ0) is 21.7. The lowest BCUT2D eigenvalue weighted by molar-refractivity contribution is 0.104. The minimum Gasteiger partial charge on any atom is -0.497 e. The molecule has 0 saturated carbocycles. The molecule has 9 nitrogen and oxygen atoms in total. The summed E-state index contributed by atoms with van der Waals surface area (Å²) >= 11 is 0. The molecule has 30 heavy (non-hydrogen) atoms. The minimum absolute atomic E-state index is 0.00904. The molecule has 2 heterocycles. The molecule has 0 aliphatic carbocycles. The van der Waals surface area contributed by atoms with E-state index >= 15 is 0 Å². The Labute approximate surface area is 178 Å². The van der Waals surface area contributed by atoms with E-state index in [1.165, 1.54) is 19.2 Å². The third-order valence-corrected chi connectivity index (χ3v) is 7.40. The van der Waals surface area contributed by atoms with Gasteiger partial charge >= 0.3 is 6.03 Å². The molecular weight excluding hydrogens is 408 g/mol. The number of likely N-dealkylation sites (N-methyl/N-ethyl adjacent to an activating group) is 1. The second-order valence-corrected chi connectivity index (χ2v) is 9.76. The highest BCUT2D eigenvalue weighted by molar-refractivity contribution is 7.89. The van der Waals surface area contributed by atoms with Crippen LogP contribution in [0.1, 0.15) is 12.8 Å². The smallest absolute Gasteiger partial charge is 0.320 e. The summed E-state index contributed by atoms with van der Waals surface area (Å²) in [5.41, 5.74) is 0. The normalized spacial score (nSPS) is 23.8. The van der Waals surface area contributed by atoms with Crippen LogP contribution in [0.5, 0.6) is 5.75 Å². The number of methoxy groups -OCH3 is 1. The number of aliphatic hydroxyl groups excluding tert-OH is 1. The van der Waals surface area contributed by atoms with Gasteiger partial charge in [0.2, 0.25) is 10.0 Å². The van der Waals surface area contributed by atoms with E-state index in [2.05, 4.69) is 9.62 Å². The number of aliphatic hydroxyl groups is 1. The summed E-state index contributed by atoms with van der Waals surface area (Å²) in [5.74, 6) is 0.335. The lowest BCUT2D eigenvalue weighted by atomic mass is 9.98. The van der Waals surface area contributed by atoms with E-state index in [9.17, 15) is 18.3 Å². The Morgan fingerprint density at radius 1 is 1.07 bits per heavy atom. The number of carbonyl (C=O) groups excluding carboxylic acids is 1. The SMILES string of the molecule is COc1ccc(S(=O)(=O)NC[C@H]2CCN(C(=O)N3CCN(C)CC3)CC[C@H]2O)cc1. The largest absolute Gasteiger partial charge is 0.497 e. The summed E-state index contributed by atoms with van der Waals surface area (Å²) in [4.78, 5) is 18.8. The van der Waals surface area contributed by atoms with Crippen LogP contribution >= 0.6 is 0 Å². The molecule has 3 rings (SSSR count). The summed E-state index contributed by atoms with van der Waals surface area (Å²) in [6, 6.07) is 6.17. The van der Waals surface area contributed by atoms with Gasteiger partial charge in [-0.05, 0) is 44.2 Å². The second kappa shape index (κ2) is 9.95. The molecule has 0 aromatic heterocycles. The van der Waals surface area contributed by atoms with Crippen LogP contribution in [-0.4, -0.2) is 100 Å². The zero-order valence-corrected chi connectivity index (χ0v) is 18.5. The number of piperazine rings is 1. The summed E-state index contributed by atoms with van der Waals surface area (Å²) < 4.78 is 32.8. The van der Waals surface area contributed by atoms with Crippen molar-refractivity contribution < 1.29 is 23.1 Å². The number of benzene rings is 1. The van der Waals surface area contributed by atoms with Crippen molar-refractivity contribution in [2.45, 2.75) is 23.8 Å². The van der Waals surface area contributed by atoms with Crippen LogP contribution < -0.4 is 9.46 Å². The second-order valence-electron chi connectivity index (χ2n) is 7.99. The van der Waals surface area contributed by atoms with Crippen LogP contribution in [0.15, 0.2) is 29.2 Å². The van der Waals surface area contributed by atoms with Gasteiger partial charge in [0.1, 0.15) is 5.75 Å². The van der Waals surface area contributed by atoms with Crippen molar-refractivity contribution in [1.82, 2.24) is 19.4 Å². The Morgan fingerprint density at radius 3 is 2.30 bits per heavy atom. The maximum Gasteiger partial charge on any atom is 0.320 e.